The smallest absolute Gasteiger partial charge is 0.164 e. The molecule has 0 bridgehead atoms. The third kappa shape index (κ3) is 0.891. The summed E-state index contributed by atoms with van der Waals surface area (Å²) >= 11 is 0. The molecule has 2 rings (SSSR count). The lowest BCUT2D eigenvalue weighted by Gasteiger charge is -2.11. The number of halogens is 2. The van der Waals surface area contributed by atoms with E-state index in [1.54, 1.807) is 6.07 Å². The van der Waals surface area contributed by atoms with Crippen LogP contribution in [0.2, 0.25) is 0 Å². The molecule has 1 aliphatic heterocycles. The van der Waals surface area contributed by atoms with Crippen LogP contribution in [0.3, 0.4) is 0 Å². The molecule has 0 atom stereocenters. The second kappa shape index (κ2) is 2.44. The summed E-state index contributed by atoms with van der Waals surface area (Å²) < 4.78 is 25.8. The van der Waals surface area contributed by atoms with Gasteiger partial charge in [-0.05, 0) is 18.6 Å². The molecule has 0 radical (unpaired) electrons. The molecule has 1 heterocycles. The normalized spacial score (nSPS) is 15.1. The van der Waals surface area contributed by atoms with Crippen molar-refractivity contribution in [2.75, 3.05) is 18.5 Å². The monoisotopic (exact) mass is 169 g/mol. The summed E-state index contributed by atoms with van der Waals surface area (Å²) in [6.07, 6.45) is 0.607. The molecule has 0 aliphatic carbocycles. The van der Waals surface area contributed by atoms with Crippen molar-refractivity contribution in [1.29, 1.82) is 0 Å². The number of hydrogen-bond acceptors (Lipinski definition) is 1. The average Bonchev–Trinajstić information content (AvgIpc) is 2.41. The Morgan fingerprint density at radius 1 is 1.33 bits per heavy atom. The van der Waals surface area contributed by atoms with E-state index in [2.05, 4.69) is 0 Å². The van der Waals surface area contributed by atoms with Gasteiger partial charge in [-0.1, -0.05) is 0 Å². The van der Waals surface area contributed by atoms with E-state index in [4.69, 9.17) is 0 Å². The molecule has 1 aromatic carbocycles. The maximum atomic E-state index is 13.1. The van der Waals surface area contributed by atoms with E-state index in [9.17, 15) is 8.78 Å². The number of nitrogens with zero attached hydrogens (tertiary/aromatic N) is 1. The molecule has 1 aliphatic rings. The summed E-state index contributed by atoms with van der Waals surface area (Å²) in [7, 11) is 1.88. The van der Waals surface area contributed by atoms with E-state index in [0.29, 0.717) is 12.0 Å². The van der Waals surface area contributed by atoms with Gasteiger partial charge in [0.2, 0.25) is 0 Å². The minimum absolute atomic E-state index is 0.512. The van der Waals surface area contributed by atoms with Gasteiger partial charge in [-0.15, -0.1) is 0 Å². The summed E-state index contributed by atoms with van der Waals surface area (Å²) in [5.41, 5.74) is 1.33. The van der Waals surface area contributed by atoms with Crippen molar-refractivity contribution in [2.45, 2.75) is 6.42 Å². The predicted molar refractivity (Wildman–Crippen MR) is 43.3 cm³/mol. The van der Waals surface area contributed by atoms with Crippen molar-refractivity contribution in [2.24, 2.45) is 0 Å². The number of fused-ring (bicyclic) bond motifs is 1. The van der Waals surface area contributed by atoms with Crippen molar-refractivity contribution in [3.8, 4) is 0 Å². The fraction of sp³-hybridized carbons (Fsp3) is 0.333. The van der Waals surface area contributed by atoms with E-state index in [0.717, 1.165) is 12.2 Å². The van der Waals surface area contributed by atoms with Crippen LogP contribution in [0.5, 0.6) is 0 Å². The molecule has 3 heteroatoms. The Morgan fingerprint density at radius 3 is 2.83 bits per heavy atom. The highest BCUT2D eigenvalue weighted by molar-refractivity contribution is 5.57. The Balaban J connectivity index is 2.60. The van der Waals surface area contributed by atoms with Crippen LogP contribution in [-0.2, 0) is 6.42 Å². The van der Waals surface area contributed by atoms with Gasteiger partial charge in [-0.25, -0.2) is 8.78 Å². The SMILES string of the molecule is CN1CCc2c1ccc(F)c2F. The van der Waals surface area contributed by atoms with Gasteiger partial charge in [0, 0.05) is 24.8 Å². The van der Waals surface area contributed by atoms with E-state index < -0.39 is 11.6 Å². The minimum Gasteiger partial charge on any atom is -0.374 e. The van der Waals surface area contributed by atoms with Crippen LogP contribution in [0, 0.1) is 11.6 Å². The van der Waals surface area contributed by atoms with Crippen LogP contribution < -0.4 is 4.90 Å². The molecule has 0 saturated carbocycles. The topological polar surface area (TPSA) is 3.24 Å². The lowest BCUT2D eigenvalue weighted by atomic mass is 10.1. The highest BCUT2D eigenvalue weighted by Crippen LogP contribution is 2.29. The van der Waals surface area contributed by atoms with Crippen molar-refractivity contribution in [3.05, 3.63) is 29.3 Å². The molecule has 0 fully saturated rings. The van der Waals surface area contributed by atoms with Gasteiger partial charge in [-0.3, -0.25) is 0 Å². The number of hydrogen-bond donors (Lipinski definition) is 0. The van der Waals surface area contributed by atoms with Crippen LogP contribution in [0.4, 0.5) is 14.5 Å². The van der Waals surface area contributed by atoms with Crippen LogP contribution in [-0.4, -0.2) is 13.6 Å². The van der Waals surface area contributed by atoms with Crippen LogP contribution in [0.15, 0.2) is 12.1 Å². The lowest BCUT2D eigenvalue weighted by molar-refractivity contribution is 0.502. The van der Waals surface area contributed by atoms with Gasteiger partial charge in [0.1, 0.15) is 0 Å². The highest BCUT2D eigenvalue weighted by Gasteiger charge is 2.21. The fourth-order valence-electron chi connectivity index (χ4n) is 1.58. The Hall–Kier alpha value is -1.12. The zero-order chi connectivity index (χ0) is 8.72. The third-order valence-electron chi connectivity index (χ3n) is 2.28. The predicted octanol–water partition coefficient (Wildman–Crippen LogP) is 1.96. The van der Waals surface area contributed by atoms with Crippen LogP contribution in [0.25, 0.3) is 0 Å². The highest BCUT2D eigenvalue weighted by atomic mass is 19.2. The Morgan fingerprint density at radius 2 is 2.08 bits per heavy atom. The molecular weight excluding hydrogens is 160 g/mol. The van der Waals surface area contributed by atoms with Gasteiger partial charge < -0.3 is 4.90 Å². The van der Waals surface area contributed by atoms with E-state index in [-0.39, 0.29) is 0 Å². The maximum absolute atomic E-state index is 13.1. The molecule has 0 spiro atoms. The zero-order valence-corrected chi connectivity index (χ0v) is 6.77. The summed E-state index contributed by atoms with van der Waals surface area (Å²) in [5.74, 6) is -1.43. The number of benzene rings is 1. The first-order valence-corrected chi connectivity index (χ1v) is 3.88. The fourth-order valence-corrected chi connectivity index (χ4v) is 1.58. The summed E-state index contributed by atoms with van der Waals surface area (Å²) in [6.45, 7) is 0.774. The summed E-state index contributed by atoms with van der Waals surface area (Å²) in [4.78, 5) is 1.93. The Kier molecular flexibility index (Phi) is 1.53. The molecule has 0 N–H and O–H groups in total. The quantitative estimate of drug-likeness (QED) is 0.573. The molecular formula is C9H9F2N. The maximum Gasteiger partial charge on any atom is 0.164 e. The van der Waals surface area contributed by atoms with Crippen molar-refractivity contribution >= 4 is 5.69 Å². The number of anilines is 1. The molecule has 1 nitrogen and oxygen atoms in total. The standard InChI is InChI=1S/C9H9F2N/c1-12-5-4-6-8(12)3-2-7(10)9(6)11/h2-3H,4-5H2,1H3. The largest absolute Gasteiger partial charge is 0.374 e. The van der Waals surface area contributed by atoms with E-state index in [1.165, 1.54) is 6.07 Å². The Labute approximate surface area is 69.6 Å². The Bertz CT molecular complexity index is 323. The van der Waals surface area contributed by atoms with Gasteiger partial charge in [0.25, 0.3) is 0 Å². The lowest BCUT2D eigenvalue weighted by Crippen LogP contribution is -2.12. The van der Waals surface area contributed by atoms with Gasteiger partial charge >= 0.3 is 0 Å². The molecule has 0 amide bonds. The minimum atomic E-state index is -0.746. The second-order valence-electron chi connectivity index (χ2n) is 3.03. The molecule has 0 aromatic heterocycles. The van der Waals surface area contributed by atoms with Gasteiger partial charge in [0.05, 0.1) is 0 Å². The van der Waals surface area contributed by atoms with Crippen LogP contribution in [0.1, 0.15) is 5.56 Å². The van der Waals surface area contributed by atoms with Crippen LogP contribution >= 0.6 is 0 Å². The van der Waals surface area contributed by atoms with Gasteiger partial charge in [0.15, 0.2) is 11.6 Å². The molecule has 1 aromatic rings. The molecule has 12 heavy (non-hydrogen) atoms. The van der Waals surface area contributed by atoms with Crippen molar-refractivity contribution in [3.63, 3.8) is 0 Å². The summed E-state index contributed by atoms with van der Waals surface area (Å²) in [6, 6.07) is 2.80. The molecule has 0 saturated heterocycles. The molecule has 0 unspecified atom stereocenters. The summed E-state index contributed by atoms with van der Waals surface area (Å²) in [5, 5.41) is 0. The van der Waals surface area contributed by atoms with E-state index in [1.807, 2.05) is 11.9 Å². The first-order valence-electron chi connectivity index (χ1n) is 3.88. The number of likely N-dealkylation sites (N-methyl/N-ethyl adjacent to an activating group) is 1. The van der Waals surface area contributed by atoms with E-state index >= 15 is 0 Å². The number of rotatable bonds is 0. The average molecular weight is 169 g/mol. The van der Waals surface area contributed by atoms with Crippen molar-refractivity contribution < 1.29 is 8.78 Å². The second-order valence-corrected chi connectivity index (χ2v) is 3.03. The first-order chi connectivity index (χ1) is 5.70. The molecule has 64 valence electrons. The van der Waals surface area contributed by atoms with Gasteiger partial charge in [-0.2, -0.15) is 0 Å². The first kappa shape index (κ1) is 7.53. The van der Waals surface area contributed by atoms with Crippen molar-refractivity contribution in [1.82, 2.24) is 0 Å². The zero-order valence-electron chi connectivity index (χ0n) is 6.77. The third-order valence-corrected chi connectivity index (χ3v) is 2.28.